The number of halogens is 2. The Hall–Kier alpha value is -1.73. The molecule has 0 saturated heterocycles. The molecule has 2 aromatic rings. The van der Waals surface area contributed by atoms with Gasteiger partial charge in [-0.2, -0.15) is 0 Å². The summed E-state index contributed by atoms with van der Waals surface area (Å²) in [7, 11) is 0. The smallest absolute Gasteiger partial charge is 0.259 e. The number of anilines is 2. The van der Waals surface area contributed by atoms with E-state index in [0.717, 1.165) is 6.07 Å². The van der Waals surface area contributed by atoms with E-state index in [4.69, 9.17) is 5.73 Å². The van der Waals surface area contributed by atoms with E-state index in [9.17, 15) is 15.0 Å². The van der Waals surface area contributed by atoms with Crippen LogP contribution in [0.3, 0.4) is 0 Å². The van der Waals surface area contributed by atoms with Crippen molar-refractivity contribution in [1.82, 2.24) is 0 Å². The molecule has 2 rings (SSSR count). The van der Waals surface area contributed by atoms with E-state index in [0.29, 0.717) is 20.3 Å². The molecule has 0 fully saturated rings. The summed E-state index contributed by atoms with van der Waals surface area (Å²) in [5.74, 6) is -0.923. The molecular formula is C13H10Br2N2O3. The normalized spacial score (nSPS) is 10.3. The zero-order chi connectivity index (χ0) is 14.9. The van der Waals surface area contributed by atoms with Gasteiger partial charge >= 0.3 is 0 Å². The molecule has 5 N–H and O–H groups in total. The van der Waals surface area contributed by atoms with Crippen LogP contribution in [0, 0.1) is 0 Å². The fourth-order valence-corrected chi connectivity index (χ4v) is 3.03. The fourth-order valence-electron chi connectivity index (χ4n) is 1.61. The van der Waals surface area contributed by atoms with E-state index in [1.165, 1.54) is 12.1 Å². The van der Waals surface area contributed by atoms with Crippen molar-refractivity contribution in [3.8, 4) is 11.5 Å². The predicted octanol–water partition coefficient (Wildman–Crippen LogP) is 3.46. The maximum absolute atomic E-state index is 12.1. The van der Waals surface area contributed by atoms with Crippen LogP contribution < -0.4 is 11.1 Å². The maximum Gasteiger partial charge on any atom is 0.259 e. The summed E-state index contributed by atoms with van der Waals surface area (Å²) in [4.78, 5) is 12.1. The van der Waals surface area contributed by atoms with E-state index >= 15 is 0 Å². The number of nitrogens with two attached hydrogens (primary N) is 1. The third-order valence-electron chi connectivity index (χ3n) is 2.53. The highest BCUT2D eigenvalue weighted by molar-refractivity contribution is 9.11. The molecule has 20 heavy (non-hydrogen) atoms. The molecule has 0 atom stereocenters. The number of hydrogen-bond donors (Lipinski definition) is 4. The Morgan fingerprint density at radius 3 is 2.25 bits per heavy atom. The second-order valence-corrected chi connectivity index (χ2v) is 5.72. The molecule has 0 unspecified atom stereocenters. The van der Waals surface area contributed by atoms with Gasteiger partial charge in [-0.05, 0) is 56.1 Å². The molecule has 7 heteroatoms. The summed E-state index contributed by atoms with van der Waals surface area (Å²) in [6.07, 6.45) is 0. The molecule has 0 bridgehead atoms. The molecule has 2 aromatic carbocycles. The Morgan fingerprint density at radius 1 is 1.10 bits per heavy atom. The molecule has 5 nitrogen and oxygen atoms in total. The topological polar surface area (TPSA) is 95.6 Å². The quantitative estimate of drug-likeness (QED) is 0.579. The van der Waals surface area contributed by atoms with Crippen LogP contribution in [-0.4, -0.2) is 16.1 Å². The first kappa shape index (κ1) is 14.7. The summed E-state index contributed by atoms with van der Waals surface area (Å²) >= 11 is 6.60. The highest BCUT2D eigenvalue weighted by Gasteiger charge is 2.15. The Kier molecular flexibility index (Phi) is 4.20. The number of nitrogens with one attached hydrogen (secondary N) is 1. The van der Waals surface area contributed by atoms with Crippen molar-refractivity contribution in [3.63, 3.8) is 0 Å². The first-order valence-electron chi connectivity index (χ1n) is 5.46. The van der Waals surface area contributed by atoms with E-state index in [1.54, 1.807) is 12.1 Å². The summed E-state index contributed by atoms with van der Waals surface area (Å²) in [5.41, 5.74) is 6.76. The first-order chi connectivity index (χ1) is 9.38. The Labute approximate surface area is 131 Å². The van der Waals surface area contributed by atoms with Crippen molar-refractivity contribution in [2.45, 2.75) is 0 Å². The second-order valence-electron chi connectivity index (χ2n) is 4.02. The Bertz CT molecular complexity index is 666. The minimum Gasteiger partial charge on any atom is -0.508 e. The van der Waals surface area contributed by atoms with Gasteiger partial charge in [-0.15, -0.1) is 0 Å². The van der Waals surface area contributed by atoms with Crippen LogP contribution in [0.15, 0.2) is 39.3 Å². The van der Waals surface area contributed by atoms with Gasteiger partial charge in [-0.25, -0.2) is 0 Å². The van der Waals surface area contributed by atoms with Crippen LogP contribution in [-0.2, 0) is 0 Å². The zero-order valence-corrected chi connectivity index (χ0v) is 13.2. The number of carbonyl (C=O) groups is 1. The average molecular weight is 402 g/mol. The number of nitrogen functional groups attached to an aromatic ring is 1. The Balaban J connectivity index is 2.33. The third kappa shape index (κ3) is 3.05. The van der Waals surface area contributed by atoms with Crippen molar-refractivity contribution in [2.24, 2.45) is 0 Å². The van der Waals surface area contributed by atoms with Gasteiger partial charge in [0.05, 0.1) is 11.3 Å². The second kappa shape index (κ2) is 5.72. The number of carbonyl (C=O) groups excluding carboxylic acids is 1. The van der Waals surface area contributed by atoms with Gasteiger partial charge in [0.1, 0.15) is 11.5 Å². The van der Waals surface area contributed by atoms with E-state index in [-0.39, 0.29) is 17.1 Å². The van der Waals surface area contributed by atoms with Gasteiger partial charge in [-0.3, -0.25) is 4.79 Å². The summed E-state index contributed by atoms with van der Waals surface area (Å²) in [6, 6.07) is 7.05. The highest BCUT2D eigenvalue weighted by atomic mass is 79.9. The molecule has 0 aromatic heterocycles. The molecule has 1 amide bonds. The highest BCUT2D eigenvalue weighted by Crippen LogP contribution is 2.34. The number of rotatable bonds is 2. The van der Waals surface area contributed by atoms with Crippen LogP contribution >= 0.6 is 31.9 Å². The van der Waals surface area contributed by atoms with Crippen molar-refractivity contribution in [2.75, 3.05) is 11.1 Å². The SMILES string of the molecule is Nc1cc(Br)c(NC(=O)c2ccc(O)cc2O)c(Br)c1. The van der Waals surface area contributed by atoms with Crippen LogP contribution in [0.2, 0.25) is 0 Å². The van der Waals surface area contributed by atoms with Gasteiger partial charge in [-0.1, -0.05) is 0 Å². The number of phenols is 2. The minimum atomic E-state index is -0.506. The summed E-state index contributed by atoms with van der Waals surface area (Å²) < 4.78 is 1.21. The van der Waals surface area contributed by atoms with Crippen molar-refractivity contribution >= 4 is 49.1 Å². The number of amides is 1. The molecule has 0 radical (unpaired) electrons. The molecule has 0 spiro atoms. The van der Waals surface area contributed by atoms with Crippen molar-refractivity contribution in [3.05, 3.63) is 44.8 Å². The largest absolute Gasteiger partial charge is 0.508 e. The number of phenolic OH excluding ortho intramolecular Hbond substituents is 2. The summed E-state index contributed by atoms with van der Waals surface area (Å²) in [5, 5.41) is 21.5. The lowest BCUT2D eigenvalue weighted by molar-refractivity contribution is 0.102. The monoisotopic (exact) mass is 400 g/mol. The van der Waals surface area contributed by atoms with Gasteiger partial charge < -0.3 is 21.3 Å². The van der Waals surface area contributed by atoms with Crippen LogP contribution in [0.1, 0.15) is 10.4 Å². The van der Waals surface area contributed by atoms with Gasteiger partial charge in [0, 0.05) is 20.7 Å². The van der Waals surface area contributed by atoms with E-state index in [2.05, 4.69) is 37.2 Å². The molecule has 0 heterocycles. The lowest BCUT2D eigenvalue weighted by atomic mass is 10.1. The van der Waals surface area contributed by atoms with Crippen molar-refractivity contribution < 1.29 is 15.0 Å². The average Bonchev–Trinajstić information content (AvgIpc) is 2.33. The van der Waals surface area contributed by atoms with Crippen LogP contribution in [0.4, 0.5) is 11.4 Å². The number of hydrogen-bond acceptors (Lipinski definition) is 4. The molecule has 0 saturated carbocycles. The van der Waals surface area contributed by atoms with Gasteiger partial charge in [0.2, 0.25) is 0 Å². The zero-order valence-electron chi connectivity index (χ0n) is 10.0. The van der Waals surface area contributed by atoms with Crippen LogP contribution in [0.5, 0.6) is 11.5 Å². The lowest BCUT2D eigenvalue weighted by Crippen LogP contribution is -2.13. The number of aromatic hydroxyl groups is 2. The maximum atomic E-state index is 12.1. The van der Waals surface area contributed by atoms with E-state index < -0.39 is 5.91 Å². The molecule has 0 aliphatic carbocycles. The molecule has 0 aliphatic rings. The van der Waals surface area contributed by atoms with Gasteiger partial charge in [0.25, 0.3) is 5.91 Å². The first-order valence-corrected chi connectivity index (χ1v) is 7.05. The summed E-state index contributed by atoms with van der Waals surface area (Å²) in [6.45, 7) is 0. The molecular weight excluding hydrogens is 392 g/mol. The lowest BCUT2D eigenvalue weighted by Gasteiger charge is -2.11. The third-order valence-corrected chi connectivity index (χ3v) is 3.78. The van der Waals surface area contributed by atoms with Gasteiger partial charge in [0.15, 0.2) is 0 Å². The number of benzene rings is 2. The molecule has 0 aliphatic heterocycles. The Morgan fingerprint density at radius 2 is 1.70 bits per heavy atom. The van der Waals surface area contributed by atoms with Crippen LogP contribution in [0.25, 0.3) is 0 Å². The molecule has 104 valence electrons. The fraction of sp³-hybridized carbons (Fsp3) is 0. The standard InChI is InChI=1S/C13H10Br2N2O3/c14-9-3-6(16)4-10(15)12(9)17-13(20)8-2-1-7(18)5-11(8)19/h1-5,18-19H,16H2,(H,17,20). The minimum absolute atomic E-state index is 0.0541. The van der Waals surface area contributed by atoms with Crippen molar-refractivity contribution in [1.29, 1.82) is 0 Å². The van der Waals surface area contributed by atoms with E-state index in [1.807, 2.05) is 0 Å². The predicted molar refractivity (Wildman–Crippen MR) is 84.0 cm³/mol.